The molecule has 0 fully saturated rings. The highest BCUT2D eigenvalue weighted by Gasteiger charge is 2.26. The second-order valence-corrected chi connectivity index (χ2v) is 8.03. The predicted octanol–water partition coefficient (Wildman–Crippen LogP) is 5.83. The van der Waals surface area contributed by atoms with E-state index in [4.69, 9.17) is 0 Å². The van der Waals surface area contributed by atoms with Crippen LogP contribution in [0.2, 0.25) is 0 Å². The van der Waals surface area contributed by atoms with Gasteiger partial charge in [0.15, 0.2) is 0 Å². The summed E-state index contributed by atoms with van der Waals surface area (Å²) >= 11 is 3.48. The second-order valence-electron chi connectivity index (χ2n) is 7.11. The minimum atomic E-state index is -0.306. The van der Waals surface area contributed by atoms with Crippen LogP contribution >= 0.6 is 15.9 Å². The standard InChI is InChI=1S/C24H22BrFN2O/c1-2-15-6-8-16(9-7-15)21-14-22(20-13-18(25)10-11-23(20)29)28-24(27-21)17-4-3-5-19(26)12-17/h3-14,22,24,27-29H,2H2,1H3. The molecule has 3 aromatic carbocycles. The van der Waals surface area contributed by atoms with Crippen LogP contribution in [0.15, 0.2) is 77.3 Å². The fraction of sp³-hybridized carbons (Fsp3) is 0.167. The van der Waals surface area contributed by atoms with E-state index < -0.39 is 0 Å². The zero-order valence-electron chi connectivity index (χ0n) is 16.0. The molecule has 0 radical (unpaired) electrons. The highest BCUT2D eigenvalue weighted by Crippen LogP contribution is 2.34. The zero-order chi connectivity index (χ0) is 20.4. The van der Waals surface area contributed by atoms with E-state index in [-0.39, 0.29) is 23.8 Å². The molecule has 2 atom stereocenters. The van der Waals surface area contributed by atoms with Gasteiger partial charge in [0, 0.05) is 15.7 Å². The van der Waals surface area contributed by atoms with Crippen LogP contribution in [-0.4, -0.2) is 5.11 Å². The maximum Gasteiger partial charge on any atom is 0.123 e. The monoisotopic (exact) mass is 452 g/mol. The summed E-state index contributed by atoms with van der Waals surface area (Å²) in [6.07, 6.45) is 2.73. The molecule has 4 rings (SSSR count). The molecule has 0 aromatic heterocycles. The molecule has 0 spiro atoms. The van der Waals surface area contributed by atoms with E-state index in [0.29, 0.717) is 0 Å². The number of aromatic hydroxyl groups is 1. The Kier molecular flexibility index (Phi) is 5.69. The molecule has 0 aliphatic carbocycles. The normalized spacial score (nSPS) is 18.8. The quantitative estimate of drug-likeness (QED) is 0.466. The fourth-order valence-electron chi connectivity index (χ4n) is 3.56. The fourth-order valence-corrected chi connectivity index (χ4v) is 3.94. The third kappa shape index (κ3) is 4.36. The molecule has 148 valence electrons. The molecule has 0 saturated carbocycles. The van der Waals surface area contributed by atoms with Crippen molar-refractivity contribution < 1.29 is 9.50 Å². The maximum atomic E-state index is 13.8. The Morgan fingerprint density at radius 3 is 2.55 bits per heavy atom. The van der Waals surface area contributed by atoms with Crippen molar-refractivity contribution in [2.24, 2.45) is 0 Å². The van der Waals surface area contributed by atoms with Gasteiger partial charge in [-0.05, 0) is 59.5 Å². The number of phenols is 1. The average molecular weight is 453 g/mol. The van der Waals surface area contributed by atoms with Gasteiger partial charge in [0.05, 0.1) is 6.04 Å². The van der Waals surface area contributed by atoms with Crippen LogP contribution in [0, 0.1) is 5.82 Å². The van der Waals surface area contributed by atoms with Gasteiger partial charge < -0.3 is 10.4 Å². The van der Waals surface area contributed by atoms with Crippen LogP contribution in [0.25, 0.3) is 5.70 Å². The third-order valence-electron chi connectivity index (χ3n) is 5.16. The first-order valence-corrected chi connectivity index (χ1v) is 10.4. The lowest BCUT2D eigenvalue weighted by Gasteiger charge is -2.33. The van der Waals surface area contributed by atoms with Crippen LogP contribution in [-0.2, 0) is 6.42 Å². The molecule has 0 amide bonds. The van der Waals surface area contributed by atoms with E-state index in [0.717, 1.165) is 33.3 Å². The maximum absolute atomic E-state index is 13.8. The van der Waals surface area contributed by atoms with Gasteiger partial charge in [0.1, 0.15) is 17.7 Å². The third-order valence-corrected chi connectivity index (χ3v) is 5.65. The van der Waals surface area contributed by atoms with Crippen LogP contribution in [0.3, 0.4) is 0 Å². The molecule has 0 saturated heterocycles. The van der Waals surface area contributed by atoms with Crippen molar-refractivity contribution in [3.8, 4) is 5.75 Å². The number of aryl methyl sites for hydroxylation is 1. The van der Waals surface area contributed by atoms with Gasteiger partial charge in [-0.25, -0.2) is 4.39 Å². The lowest BCUT2D eigenvalue weighted by atomic mass is 9.97. The van der Waals surface area contributed by atoms with Crippen molar-refractivity contribution in [1.29, 1.82) is 0 Å². The van der Waals surface area contributed by atoms with Gasteiger partial charge in [-0.15, -0.1) is 0 Å². The summed E-state index contributed by atoms with van der Waals surface area (Å²) < 4.78 is 14.7. The molecular formula is C24H22BrFN2O. The second kappa shape index (κ2) is 8.39. The van der Waals surface area contributed by atoms with E-state index in [1.165, 1.54) is 17.7 Å². The van der Waals surface area contributed by atoms with Gasteiger partial charge >= 0.3 is 0 Å². The summed E-state index contributed by atoms with van der Waals surface area (Å²) in [6.45, 7) is 2.13. The number of phenolic OH excluding ortho intramolecular Hbond substituents is 1. The van der Waals surface area contributed by atoms with Crippen LogP contribution in [0.5, 0.6) is 5.75 Å². The van der Waals surface area contributed by atoms with Crippen molar-refractivity contribution in [3.05, 3.63) is 105 Å². The van der Waals surface area contributed by atoms with Crippen molar-refractivity contribution in [3.63, 3.8) is 0 Å². The summed E-state index contributed by atoms with van der Waals surface area (Å²) in [4.78, 5) is 0. The van der Waals surface area contributed by atoms with Crippen LogP contribution in [0.4, 0.5) is 4.39 Å². The Morgan fingerprint density at radius 1 is 1.03 bits per heavy atom. The Hall–Kier alpha value is -2.63. The number of rotatable bonds is 4. The van der Waals surface area contributed by atoms with E-state index in [1.54, 1.807) is 18.2 Å². The first-order chi connectivity index (χ1) is 14.0. The first kappa shape index (κ1) is 19.7. The summed E-state index contributed by atoms with van der Waals surface area (Å²) in [5, 5.41) is 17.4. The number of halogens is 2. The van der Waals surface area contributed by atoms with Crippen molar-refractivity contribution in [2.45, 2.75) is 25.6 Å². The van der Waals surface area contributed by atoms with Gasteiger partial charge in [-0.2, -0.15) is 0 Å². The molecule has 2 unspecified atom stereocenters. The highest BCUT2D eigenvalue weighted by atomic mass is 79.9. The molecule has 29 heavy (non-hydrogen) atoms. The first-order valence-electron chi connectivity index (χ1n) is 9.61. The predicted molar refractivity (Wildman–Crippen MR) is 118 cm³/mol. The SMILES string of the molecule is CCc1ccc(C2=CC(c3cc(Br)ccc3O)NC(c3cccc(F)c3)N2)cc1. The van der Waals surface area contributed by atoms with Crippen molar-refractivity contribution in [1.82, 2.24) is 10.6 Å². The summed E-state index contributed by atoms with van der Waals surface area (Å²) in [5.41, 5.74) is 4.80. The van der Waals surface area contributed by atoms with Crippen LogP contribution in [0.1, 0.15) is 41.4 Å². The smallest absolute Gasteiger partial charge is 0.123 e. The molecule has 1 heterocycles. The molecule has 3 N–H and O–H groups in total. The number of nitrogens with one attached hydrogen (secondary N) is 2. The van der Waals surface area contributed by atoms with E-state index in [1.807, 2.05) is 12.1 Å². The molecular weight excluding hydrogens is 431 g/mol. The van der Waals surface area contributed by atoms with Gasteiger partial charge in [0.2, 0.25) is 0 Å². The topological polar surface area (TPSA) is 44.3 Å². The number of benzene rings is 3. The summed E-state index contributed by atoms with van der Waals surface area (Å²) in [6, 6.07) is 20.1. The van der Waals surface area contributed by atoms with E-state index in [2.05, 4.69) is 63.8 Å². The number of hydrogen-bond acceptors (Lipinski definition) is 3. The van der Waals surface area contributed by atoms with E-state index >= 15 is 0 Å². The average Bonchev–Trinajstić information content (AvgIpc) is 2.75. The Bertz CT molecular complexity index is 1050. The minimum absolute atomic E-state index is 0.211. The van der Waals surface area contributed by atoms with Crippen molar-refractivity contribution >= 4 is 21.6 Å². The Morgan fingerprint density at radius 2 is 1.83 bits per heavy atom. The largest absolute Gasteiger partial charge is 0.508 e. The van der Waals surface area contributed by atoms with E-state index in [9.17, 15) is 9.50 Å². The van der Waals surface area contributed by atoms with Gasteiger partial charge in [0.25, 0.3) is 0 Å². The molecule has 0 bridgehead atoms. The molecule has 3 nitrogen and oxygen atoms in total. The highest BCUT2D eigenvalue weighted by molar-refractivity contribution is 9.10. The summed E-state index contributed by atoms with van der Waals surface area (Å²) in [5.74, 6) is -0.0705. The molecule has 3 aromatic rings. The van der Waals surface area contributed by atoms with Gasteiger partial charge in [-0.1, -0.05) is 59.3 Å². The Balaban J connectivity index is 1.76. The van der Waals surface area contributed by atoms with Gasteiger partial charge in [-0.3, -0.25) is 5.32 Å². The molecule has 1 aliphatic heterocycles. The van der Waals surface area contributed by atoms with Crippen LogP contribution < -0.4 is 10.6 Å². The Labute approximate surface area is 178 Å². The molecule has 5 heteroatoms. The molecule has 1 aliphatic rings. The summed E-state index contributed by atoms with van der Waals surface area (Å²) in [7, 11) is 0. The number of hydrogen-bond donors (Lipinski definition) is 3. The minimum Gasteiger partial charge on any atom is -0.508 e. The van der Waals surface area contributed by atoms with Crippen molar-refractivity contribution in [2.75, 3.05) is 0 Å². The lowest BCUT2D eigenvalue weighted by Crippen LogP contribution is -2.39. The lowest BCUT2D eigenvalue weighted by molar-refractivity contribution is 0.417. The zero-order valence-corrected chi connectivity index (χ0v) is 17.6.